The first-order valence-electron chi connectivity index (χ1n) is 6.46. The molecule has 1 heterocycles. The molecule has 2 heteroatoms. The lowest BCUT2D eigenvalue weighted by molar-refractivity contribution is 0.332. The van der Waals surface area contributed by atoms with Crippen molar-refractivity contribution in [1.82, 2.24) is 0 Å². The van der Waals surface area contributed by atoms with Crippen LogP contribution in [0.4, 0.5) is 0 Å². The predicted octanol–water partition coefficient (Wildman–Crippen LogP) is 5.85. The van der Waals surface area contributed by atoms with E-state index in [-0.39, 0.29) is 0 Å². The molecule has 0 aromatic carbocycles. The van der Waals surface area contributed by atoms with Gasteiger partial charge in [-0.15, -0.1) is 11.3 Å². The standard InChI is InChI=1S/C14H21BrS/c1-11-7-10-14(16-11)13(15)9-8-12-5-3-2-4-6-12/h7,10,12-13H,2-6,8-9H2,1H3. The van der Waals surface area contributed by atoms with Crippen molar-refractivity contribution in [3.05, 3.63) is 21.9 Å². The molecule has 1 aliphatic rings. The van der Waals surface area contributed by atoms with Crippen LogP contribution in [0.25, 0.3) is 0 Å². The van der Waals surface area contributed by atoms with Crippen LogP contribution in [0.1, 0.15) is 59.5 Å². The maximum absolute atomic E-state index is 3.84. The molecule has 1 unspecified atom stereocenters. The van der Waals surface area contributed by atoms with Gasteiger partial charge in [0.2, 0.25) is 0 Å². The van der Waals surface area contributed by atoms with Crippen molar-refractivity contribution in [2.45, 2.75) is 56.7 Å². The third-order valence-electron chi connectivity index (χ3n) is 3.62. The quantitative estimate of drug-likeness (QED) is 0.612. The highest BCUT2D eigenvalue weighted by Crippen LogP contribution is 2.36. The molecule has 1 aromatic rings. The molecule has 1 aromatic heterocycles. The van der Waals surface area contributed by atoms with Gasteiger partial charge >= 0.3 is 0 Å². The Bertz CT molecular complexity index is 312. The van der Waals surface area contributed by atoms with E-state index in [2.05, 4.69) is 35.0 Å². The van der Waals surface area contributed by atoms with Crippen LogP contribution in [0.3, 0.4) is 0 Å². The highest BCUT2D eigenvalue weighted by Gasteiger charge is 2.16. The summed E-state index contributed by atoms with van der Waals surface area (Å²) < 4.78 is 0. The summed E-state index contributed by atoms with van der Waals surface area (Å²) in [7, 11) is 0. The molecule has 0 amide bonds. The van der Waals surface area contributed by atoms with Gasteiger partial charge in [-0.05, 0) is 37.8 Å². The van der Waals surface area contributed by atoms with Gasteiger partial charge in [-0.1, -0.05) is 48.0 Å². The summed E-state index contributed by atoms with van der Waals surface area (Å²) >= 11 is 5.77. The van der Waals surface area contributed by atoms with Crippen LogP contribution >= 0.6 is 27.3 Å². The summed E-state index contributed by atoms with van der Waals surface area (Å²) in [5.74, 6) is 1.01. The van der Waals surface area contributed by atoms with Crippen molar-refractivity contribution in [1.29, 1.82) is 0 Å². The topological polar surface area (TPSA) is 0 Å². The number of hydrogen-bond acceptors (Lipinski definition) is 1. The molecular formula is C14H21BrS. The Labute approximate surface area is 112 Å². The monoisotopic (exact) mass is 300 g/mol. The van der Waals surface area contributed by atoms with Crippen LogP contribution in [-0.4, -0.2) is 0 Å². The van der Waals surface area contributed by atoms with Crippen molar-refractivity contribution in [2.75, 3.05) is 0 Å². The summed E-state index contributed by atoms with van der Waals surface area (Å²) in [5, 5.41) is 0. The smallest absolute Gasteiger partial charge is 0.0489 e. The molecule has 0 saturated heterocycles. The number of hydrogen-bond donors (Lipinski definition) is 0. The first kappa shape index (κ1) is 12.6. The zero-order chi connectivity index (χ0) is 11.4. The second-order valence-electron chi connectivity index (χ2n) is 5.00. The maximum atomic E-state index is 3.84. The van der Waals surface area contributed by atoms with Gasteiger partial charge < -0.3 is 0 Å². The first-order valence-corrected chi connectivity index (χ1v) is 8.19. The van der Waals surface area contributed by atoms with Crippen molar-refractivity contribution >= 4 is 27.3 Å². The molecule has 2 rings (SSSR count). The maximum Gasteiger partial charge on any atom is 0.0489 e. The minimum Gasteiger partial charge on any atom is -0.145 e. The minimum atomic E-state index is 0.591. The molecule has 16 heavy (non-hydrogen) atoms. The Morgan fingerprint density at radius 2 is 2.06 bits per heavy atom. The van der Waals surface area contributed by atoms with E-state index < -0.39 is 0 Å². The van der Waals surface area contributed by atoms with Gasteiger partial charge in [0.15, 0.2) is 0 Å². The van der Waals surface area contributed by atoms with E-state index in [9.17, 15) is 0 Å². The molecule has 90 valence electrons. The SMILES string of the molecule is Cc1ccc(C(Br)CCC2CCCCC2)s1. The zero-order valence-electron chi connectivity index (χ0n) is 10.0. The minimum absolute atomic E-state index is 0.591. The third kappa shape index (κ3) is 3.59. The molecule has 0 nitrogen and oxygen atoms in total. The number of thiophene rings is 1. The van der Waals surface area contributed by atoms with Gasteiger partial charge in [-0.25, -0.2) is 0 Å². The summed E-state index contributed by atoms with van der Waals surface area (Å²) in [6, 6.07) is 4.51. The van der Waals surface area contributed by atoms with E-state index in [1.54, 1.807) is 0 Å². The van der Waals surface area contributed by atoms with E-state index >= 15 is 0 Å². The molecule has 0 bridgehead atoms. The molecule has 1 atom stereocenters. The van der Waals surface area contributed by atoms with Gasteiger partial charge in [0.1, 0.15) is 0 Å². The fraction of sp³-hybridized carbons (Fsp3) is 0.714. The van der Waals surface area contributed by atoms with Crippen LogP contribution in [-0.2, 0) is 0 Å². The normalized spacial score (nSPS) is 19.9. The lowest BCUT2D eigenvalue weighted by Gasteiger charge is -2.22. The summed E-state index contributed by atoms with van der Waals surface area (Å²) in [5.41, 5.74) is 0. The van der Waals surface area contributed by atoms with Crippen molar-refractivity contribution in [2.24, 2.45) is 5.92 Å². The van der Waals surface area contributed by atoms with Crippen LogP contribution in [0.15, 0.2) is 12.1 Å². The lowest BCUT2D eigenvalue weighted by Crippen LogP contribution is -2.06. The summed E-state index contributed by atoms with van der Waals surface area (Å²) in [6.45, 7) is 2.19. The Balaban J connectivity index is 1.76. The van der Waals surface area contributed by atoms with Gasteiger partial charge in [0, 0.05) is 14.6 Å². The number of halogens is 1. The predicted molar refractivity (Wildman–Crippen MR) is 76.5 cm³/mol. The van der Waals surface area contributed by atoms with Crippen LogP contribution < -0.4 is 0 Å². The fourth-order valence-electron chi connectivity index (χ4n) is 2.62. The Hall–Kier alpha value is 0.180. The highest BCUT2D eigenvalue weighted by molar-refractivity contribution is 9.09. The summed E-state index contributed by atoms with van der Waals surface area (Å²) in [4.78, 5) is 3.53. The van der Waals surface area contributed by atoms with Gasteiger partial charge in [-0.3, -0.25) is 0 Å². The largest absolute Gasteiger partial charge is 0.145 e. The summed E-state index contributed by atoms with van der Waals surface area (Å²) in [6.07, 6.45) is 10.1. The molecule has 1 fully saturated rings. The van der Waals surface area contributed by atoms with Crippen LogP contribution in [0.5, 0.6) is 0 Å². The fourth-order valence-corrected chi connectivity index (χ4v) is 4.21. The van der Waals surface area contributed by atoms with E-state index in [1.165, 1.54) is 54.7 Å². The molecular weight excluding hydrogens is 280 g/mol. The molecule has 0 spiro atoms. The van der Waals surface area contributed by atoms with Crippen molar-refractivity contribution in [3.63, 3.8) is 0 Å². The van der Waals surface area contributed by atoms with E-state index in [0.717, 1.165) is 5.92 Å². The lowest BCUT2D eigenvalue weighted by atomic mass is 9.86. The second kappa shape index (κ2) is 6.20. The van der Waals surface area contributed by atoms with Crippen molar-refractivity contribution < 1.29 is 0 Å². The third-order valence-corrected chi connectivity index (χ3v) is 5.99. The Morgan fingerprint density at radius 1 is 1.31 bits per heavy atom. The number of rotatable bonds is 4. The number of aryl methyl sites for hydroxylation is 1. The van der Waals surface area contributed by atoms with Gasteiger partial charge in [0.05, 0.1) is 0 Å². The van der Waals surface area contributed by atoms with Crippen LogP contribution in [0.2, 0.25) is 0 Å². The van der Waals surface area contributed by atoms with E-state index in [1.807, 2.05) is 11.3 Å². The van der Waals surface area contributed by atoms with Gasteiger partial charge in [0.25, 0.3) is 0 Å². The Kier molecular flexibility index (Phi) is 4.90. The average molecular weight is 301 g/mol. The molecule has 1 saturated carbocycles. The van der Waals surface area contributed by atoms with Gasteiger partial charge in [-0.2, -0.15) is 0 Å². The number of alkyl halides is 1. The highest BCUT2D eigenvalue weighted by atomic mass is 79.9. The van der Waals surface area contributed by atoms with E-state index in [0.29, 0.717) is 4.83 Å². The zero-order valence-corrected chi connectivity index (χ0v) is 12.4. The van der Waals surface area contributed by atoms with Crippen LogP contribution in [0, 0.1) is 12.8 Å². The average Bonchev–Trinajstić information content (AvgIpc) is 2.74. The van der Waals surface area contributed by atoms with E-state index in [4.69, 9.17) is 0 Å². The van der Waals surface area contributed by atoms with Crippen molar-refractivity contribution in [3.8, 4) is 0 Å². The molecule has 0 radical (unpaired) electrons. The molecule has 0 N–H and O–H groups in total. The Morgan fingerprint density at radius 3 is 2.69 bits per heavy atom. The second-order valence-corrected chi connectivity index (χ2v) is 7.42. The molecule has 1 aliphatic carbocycles. The first-order chi connectivity index (χ1) is 7.75. The molecule has 0 aliphatic heterocycles.